The van der Waals surface area contributed by atoms with Crippen LogP contribution in [0.4, 0.5) is 0 Å². The smallest absolute Gasteiger partial charge is 0.254 e. The van der Waals surface area contributed by atoms with Crippen molar-refractivity contribution in [1.82, 2.24) is 14.8 Å². The number of amides is 1. The van der Waals surface area contributed by atoms with E-state index in [-0.39, 0.29) is 11.9 Å². The fourth-order valence-corrected chi connectivity index (χ4v) is 4.34. The van der Waals surface area contributed by atoms with Crippen molar-refractivity contribution < 1.29 is 14.3 Å². The van der Waals surface area contributed by atoms with E-state index in [1.807, 2.05) is 30.3 Å². The van der Waals surface area contributed by atoms with Gasteiger partial charge in [0.1, 0.15) is 0 Å². The van der Waals surface area contributed by atoms with Crippen LogP contribution in [0.3, 0.4) is 0 Å². The SMILES string of the molecule is CN(C(=O)c1cc(Cl)c2c(c1)OCCCO2)C1CCN(CCc2ccccn2)CC1. The maximum atomic E-state index is 13.1. The number of hydrogen-bond donors (Lipinski definition) is 0. The monoisotopic (exact) mass is 429 g/mol. The first kappa shape index (κ1) is 20.9. The van der Waals surface area contributed by atoms with E-state index in [1.54, 1.807) is 12.1 Å². The molecule has 2 aliphatic heterocycles. The minimum atomic E-state index is -0.0283. The van der Waals surface area contributed by atoms with Gasteiger partial charge in [-0.25, -0.2) is 0 Å². The van der Waals surface area contributed by atoms with Crippen LogP contribution in [0.5, 0.6) is 11.5 Å². The summed E-state index contributed by atoms with van der Waals surface area (Å²) in [5.74, 6) is 1.06. The van der Waals surface area contributed by atoms with Crippen molar-refractivity contribution in [2.75, 3.05) is 39.9 Å². The van der Waals surface area contributed by atoms with Crippen molar-refractivity contribution >= 4 is 17.5 Å². The van der Waals surface area contributed by atoms with Crippen LogP contribution < -0.4 is 9.47 Å². The lowest BCUT2D eigenvalue weighted by Crippen LogP contribution is -2.46. The zero-order valence-electron chi connectivity index (χ0n) is 17.3. The predicted octanol–water partition coefficient (Wildman–Crippen LogP) is 3.68. The Labute approximate surface area is 182 Å². The number of nitrogens with zero attached hydrogens (tertiary/aromatic N) is 3. The van der Waals surface area contributed by atoms with Gasteiger partial charge in [-0.05, 0) is 37.1 Å². The van der Waals surface area contributed by atoms with Crippen molar-refractivity contribution in [3.8, 4) is 11.5 Å². The van der Waals surface area contributed by atoms with Crippen LogP contribution in [0.2, 0.25) is 5.02 Å². The number of carbonyl (C=O) groups is 1. The topological polar surface area (TPSA) is 54.9 Å². The number of piperidine rings is 1. The summed E-state index contributed by atoms with van der Waals surface area (Å²) in [6.45, 7) is 4.10. The lowest BCUT2D eigenvalue weighted by Gasteiger charge is -2.36. The third-order valence-corrected chi connectivity index (χ3v) is 6.17. The maximum Gasteiger partial charge on any atom is 0.254 e. The highest BCUT2D eigenvalue weighted by Gasteiger charge is 2.27. The molecule has 3 heterocycles. The Morgan fingerprint density at radius 2 is 2.03 bits per heavy atom. The van der Waals surface area contributed by atoms with Crippen LogP contribution in [0.15, 0.2) is 36.5 Å². The molecule has 1 saturated heterocycles. The summed E-state index contributed by atoms with van der Waals surface area (Å²) in [4.78, 5) is 21.8. The number of ether oxygens (including phenoxy) is 2. The molecule has 1 amide bonds. The van der Waals surface area contributed by atoms with Crippen LogP contribution in [-0.4, -0.2) is 66.6 Å². The Bertz CT molecular complexity index is 869. The van der Waals surface area contributed by atoms with Crippen LogP contribution in [0, 0.1) is 0 Å². The second-order valence-electron chi connectivity index (χ2n) is 7.90. The molecule has 2 aliphatic rings. The van der Waals surface area contributed by atoms with E-state index >= 15 is 0 Å². The Morgan fingerprint density at radius 1 is 1.23 bits per heavy atom. The average molecular weight is 430 g/mol. The summed E-state index contributed by atoms with van der Waals surface area (Å²) in [5.41, 5.74) is 1.67. The predicted molar refractivity (Wildman–Crippen MR) is 117 cm³/mol. The van der Waals surface area contributed by atoms with Crippen molar-refractivity contribution in [2.45, 2.75) is 31.7 Å². The fourth-order valence-electron chi connectivity index (χ4n) is 4.07. The van der Waals surface area contributed by atoms with E-state index in [0.29, 0.717) is 35.3 Å². The molecule has 2 aromatic rings. The molecule has 0 N–H and O–H groups in total. The van der Waals surface area contributed by atoms with Gasteiger partial charge >= 0.3 is 0 Å². The lowest BCUT2D eigenvalue weighted by molar-refractivity contribution is 0.0643. The zero-order valence-corrected chi connectivity index (χ0v) is 18.1. The van der Waals surface area contributed by atoms with Crippen molar-refractivity contribution in [2.24, 2.45) is 0 Å². The molecule has 0 saturated carbocycles. The van der Waals surface area contributed by atoms with Gasteiger partial charge in [0.15, 0.2) is 11.5 Å². The van der Waals surface area contributed by atoms with Gasteiger partial charge < -0.3 is 19.3 Å². The Morgan fingerprint density at radius 3 is 2.80 bits per heavy atom. The number of fused-ring (bicyclic) bond motifs is 1. The van der Waals surface area contributed by atoms with Crippen LogP contribution in [0.1, 0.15) is 35.3 Å². The van der Waals surface area contributed by atoms with Crippen molar-refractivity contribution in [1.29, 1.82) is 0 Å². The number of benzene rings is 1. The Hall–Kier alpha value is -2.31. The normalized spacial score (nSPS) is 17.4. The Balaban J connectivity index is 1.34. The van der Waals surface area contributed by atoms with Gasteiger partial charge in [-0.3, -0.25) is 9.78 Å². The number of pyridine rings is 1. The number of rotatable bonds is 5. The summed E-state index contributed by atoms with van der Waals surface area (Å²) >= 11 is 6.37. The van der Waals surface area contributed by atoms with E-state index < -0.39 is 0 Å². The van der Waals surface area contributed by atoms with Crippen LogP contribution >= 0.6 is 11.6 Å². The third kappa shape index (κ3) is 4.87. The second kappa shape index (κ2) is 9.67. The molecule has 30 heavy (non-hydrogen) atoms. The first-order valence-corrected chi connectivity index (χ1v) is 11.0. The number of aromatic nitrogens is 1. The van der Waals surface area contributed by atoms with Gasteiger partial charge in [0.2, 0.25) is 0 Å². The van der Waals surface area contributed by atoms with E-state index in [2.05, 4.69) is 16.0 Å². The van der Waals surface area contributed by atoms with E-state index in [0.717, 1.165) is 51.0 Å². The molecule has 1 aromatic heterocycles. The Kier molecular flexibility index (Phi) is 6.75. The molecule has 7 heteroatoms. The average Bonchev–Trinajstić information content (AvgIpc) is 3.04. The first-order chi connectivity index (χ1) is 14.6. The number of halogens is 1. The minimum Gasteiger partial charge on any atom is -0.489 e. The molecule has 0 spiro atoms. The number of likely N-dealkylation sites (tertiary alicyclic amines) is 1. The molecule has 1 fully saturated rings. The molecule has 0 radical (unpaired) electrons. The van der Waals surface area contributed by atoms with Gasteiger partial charge in [0.05, 0.1) is 18.2 Å². The zero-order chi connectivity index (χ0) is 20.9. The first-order valence-electron chi connectivity index (χ1n) is 10.6. The molecule has 0 aliphatic carbocycles. The van der Waals surface area contributed by atoms with Crippen LogP contribution in [-0.2, 0) is 6.42 Å². The van der Waals surface area contributed by atoms with Crippen molar-refractivity contribution in [3.05, 3.63) is 52.8 Å². The van der Waals surface area contributed by atoms with Gasteiger partial charge in [-0.15, -0.1) is 0 Å². The van der Waals surface area contributed by atoms with Gasteiger partial charge in [0, 0.05) is 63.0 Å². The van der Waals surface area contributed by atoms with Crippen LogP contribution in [0.25, 0.3) is 0 Å². The van der Waals surface area contributed by atoms with Gasteiger partial charge in [-0.1, -0.05) is 17.7 Å². The van der Waals surface area contributed by atoms with Gasteiger partial charge in [0.25, 0.3) is 5.91 Å². The molecule has 160 valence electrons. The maximum absolute atomic E-state index is 13.1. The van der Waals surface area contributed by atoms with E-state index in [4.69, 9.17) is 21.1 Å². The molecule has 6 nitrogen and oxygen atoms in total. The summed E-state index contributed by atoms with van der Waals surface area (Å²) < 4.78 is 11.4. The van der Waals surface area contributed by atoms with E-state index in [1.165, 1.54) is 0 Å². The molecular weight excluding hydrogens is 402 g/mol. The fraction of sp³-hybridized carbons (Fsp3) is 0.478. The van der Waals surface area contributed by atoms with Crippen molar-refractivity contribution in [3.63, 3.8) is 0 Å². The van der Waals surface area contributed by atoms with Gasteiger partial charge in [-0.2, -0.15) is 0 Å². The highest BCUT2D eigenvalue weighted by Crippen LogP contribution is 2.38. The van der Waals surface area contributed by atoms with E-state index in [9.17, 15) is 4.79 Å². The molecule has 4 rings (SSSR count). The largest absolute Gasteiger partial charge is 0.489 e. The molecular formula is C23H28ClN3O3. The summed E-state index contributed by atoms with van der Waals surface area (Å²) in [5, 5.41) is 0.426. The number of carbonyl (C=O) groups excluding carboxylic acids is 1. The summed E-state index contributed by atoms with van der Waals surface area (Å²) in [6.07, 6.45) is 5.52. The quantitative estimate of drug-likeness (QED) is 0.725. The third-order valence-electron chi connectivity index (χ3n) is 5.88. The summed E-state index contributed by atoms with van der Waals surface area (Å²) in [6, 6.07) is 9.71. The highest BCUT2D eigenvalue weighted by molar-refractivity contribution is 6.32. The molecule has 0 atom stereocenters. The molecule has 0 unspecified atom stereocenters. The minimum absolute atomic E-state index is 0.0283. The lowest BCUT2D eigenvalue weighted by atomic mass is 10.0. The summed E-state index contributed by atoms with van der Waals surface area (Å²) in [7, 11) is 1.88. The second-order valence-corrected chi connectivity index (χ2v) is 8.30. The molecule has 0 bridgehead atoms. The molecule has 1 aromatic carbocycles. The number of hydrogen-bond acceptors (Lipinski definition) is 5. The highest BCUT2D eigenvalue weighted by atomic mass is 35.5. The standard InChI is InChI=1S/C23H28ClN3O3/c1-26(19-7-11-27(12-8-19)10-6-18-5-2-3-9-25-18)23(28)17-15-20(24)22-21(16-17)29-13-4-14-30-22/h2-3,5,9,15-16,19H,4,6-8,10-14H2,1H3.